The van der Waals surface area contributed by atoms with Gasteiger partial charge in [-0.05, 0) is 35.9 Å². The monoisotopic (exact) mass is 306 g/mol. The van der Waals surface area contributed by atoms with Crippen LogP contribution in [0.3, 0.4) is 0 Å². The van der Waals surface area contributed by atoms with Gasteiger partial charge in [-0.15, -0.1) is 0 Å². The largest absolute Gasteiger partial charge is 0.370 e. The summed E-state index contributed by atoms with van der Waals surface area (Å²) in [4.78, 5) is 13.0. The summed E-state index contributed by atoms with van der Waals surface area (Å²) in [5.41, 5.74) is 6.97. The molecule has 21 heavy (non-hydrogen) atoms. The van der Waals surface area contributed by atoms with Gasteiger partial charge in [0.1, 0.15) is 5.82 Å². The van der Waals surface area contributed by atoms with Crippen molar-refractivity contribution >= 4 is 23.2 Å². The van der Waals surface area contributed by atoms with Crippen molar-refractivity contribution in [2.24, 2.45) is 5.73 Å². The Balaban J connectivity index is 2.21. The van der Waals surface area contributed by atoms with Crippen LogP contribution in [0.4, 0.5) is 10.1 Å². The summed E-state index contributed by atoms with van der Waals surface area (Å²) in [6.07, 6.45) is 0.224. The maximum absolute atomic E-state index is 13.0. The Morgan fingerprint density at radius 3 is 2.43 bits per heavy atom. The summed E-state index contributed by atoms with van der Waals surface area (Å²) in [7, 11) is 0. The number of amides is 1. The van der Waals surface area contributed by atoms with Crippen LogP contribution in [-0.4, -0.2) is 12.5 Å². The first-order chi connectivity index (χ1) is 10.1. The van der Waals surface area contributed by atoms with E-state index in [1.807, 2.05) is 29.2 Å². The molecule has 2 aromatic carbocycles. The Bertz CT molecular complexity index is 616. The summed E-state index contributed by atoms with van der Waals surface area (Å²) >= 11 is 6.17. The van der Waals surface area contributed by atoms with Crippen molar-refractivity contribution in [2.45, 2.75) is 13.0 Å². The molecule has 5 heteroatoms. The lowest BCUT2D eigenvalue weighted by Crippen LogP contribution is -2.27. The van der Waals surface area contributed by atoms with Crippen molar-refractivity contribution in [2.75, 3.05) is 11.4 Å². The van der Waals surface area contributed by atoms with Gasteiger partial charge in [-0.1, -0.05) is 29.8 Å². The molecule has 2 aromatic rings. The van der Waals surface area contributed by atoms with E-state index in [1.54, 1.807) is 12.1 Å². The molecule has 110 valence electrons. The molecule has 0 aromatic heterocycles. The number of carbonyl (C=O) groups is 1. The number of halogens is 2. The van der Waals surface area contributed by atoms with Gasteiger partial charge < -0.3 is 10.6 Å². The first kappa shape index (κ1) is 15.3. The average molecular weight is 307 g/mol. The molecule has 2 rings (SSSR count). The molecular formula is C16H16ClFN2O. The fraction of sp³-hybridized carbons (Fsp3) is 0.188. The summed E-state index contributed by atoms with van der Waals surface area (Å²) in [6.45, 7) is 0.977. The van der Waals surface area contributed by atoms with Crippen molar-refractivity contribution in [3.63, 3.8) is 0 Å². The molecule has 0 aliphatic carbocycles. The van der Waals surface area contributed by atoms with E-state index in [1.165, 1.54) is 12.1 Å². The number of nitrogens with zero attached hydrogens (tertiary/aromatic N) is 1. The molecule has 0 aliphatic heterocycles. The molecule has 0 saturated carbocycles. The smallest absolute Gasteiger partial charge is 0.219 e. The van der Waals surface area contributed by atoms with Crippen molar-refractivity contribution in [1.82, 2.24) is 0 Å². The summed E-state index contributed by atoms with van der Waals surface area (Å²) < 4.78 is 13.0. The van der Waals surface area contributed by atoms with E-state index in [4.69, 9.17) is 17.3 Å². The van der Waals surface area contributed by atoms with Crippen molar-refractivity contribution in [3.05, 3.63) is 64.9 Å². The van der Waals surface area contributed by atoms with Gasteiger partial charge in [0, 0.05) is 30.2 Å². The Morgan fingerprint density at radius 1 is 1.14 bits per heavy atom. The van der Waals surface area contributed by atoms with Crippen molar-refractivity contribution < 1.29 is 9.18 Å². The third kappa shape index (κ3) is 4.46. The van der Waals surface area contributed by atoms with Gasteiger partial charge in [-0.3, -0.25) is 4.79 Å². The van der Waals surface area contributed by atoms with Crippen molar-refractivity contribution in [1.29, 1.82) is 0 Å². The highest BCUT2D eigenvalue weighted by Gasteiger charge is 2.11. The second-order valence-electron chi connectivity index (χ2n) is 4.71. The lowest BCUT2D eigenvalue weighted by Gasteiger charge is -2.25. The van der Waals surface area contributed by atoms with E-state index in [0.29, 0.717) is 18.1 Å². The zero-order chi connectivity index (χ0) is 15.2. The molecule has 0 heterocycles. The van der Waals surface area contributed by atoms with E-state index in [2.05, 4.69) is 0 Å². The van der Waals surface area contributed by atoms with Gasteiger partial charge in [0.15, 0.2) is 0 Å². The predicted octanol–water partition coefficient (Wildman–Crippen LogP) is 3.36. The molecule has 0 bridgehead atoms. The second-order valence-corrected chi connectivity index (χ2v) is 5.11. The lowest BCUT2D eigenvalue weighted by atomic mass is 10.2. The maximum Gasteiger partial charge on any atom is 0.219 e. The number of carbonyl (C=O) groups excluding carboxylic acids is 1. The number of benzene rings is 2. The number of nitrogens with two attached hydrogens (primary N) is 1. The van der Waals surface area contributed by atoms with Gasteiger partial charge in [0.2, 0.25) is 5.91 Å². The van der Waals surface area contributed by atoms with E-state index in [0.717, 1.165) is 11.3 Å². The topological polar surface area (TPSA) is 46.3 Å². The van der Waals surface area contributed by atoms with Crippen LogP contribution in [0.1, 0.15) is 12.0 Å². The van der Waals surface area contributed by atoms with E-state index >= 15 is 0 Å². The Hall–Kier alpha value is -2.07. The molecule has 3 nitrogen and oxygen atoms in total. The molecule has 0 atom stereocenters. The Kier molecular flexibility index (Phi) is 5.17. The predicted molar refractivity (Wildman–Crippen MR) is 82.7 cm³/mol. The van der Waals surface area contributed by atoms with Gasteiger partial charge in [0.25, 0.3) is 0 Å². The molecular weight excluding hydrogens is 291 g/mol. The van der Waals surface area contributed by atoms with Gasteiger partial charge in [0.05, 0.1) is 0 Å². The summed E-state index contributed by atoms with van der Waals surface area (Å²) in [6, 6.07) is 13.6. The van der Waals surface area contributed by atoms with E-state index in [9.17, 15) is 9.18 Å². The number of primary amides is 1. The number of rotatable bonds is 6. The molecule has 0 aliphatic rings. The highest BCUT2D eigenvalue weighted by molar-refractivity contribution is 6.31. The molecule has 0 spiro atoms. The zero-order valence-corrected chi connectivity index (χ0v) is 12.2. The first-order valence-electron chi connectivity index (χ1n) is 6.58. The van der Waals surface area contributed by atoms with Gasteiger partial charge in [-0.25, -0.2) is 4.39 Å². The normalized spacial score (nSPS) is 10.4. The summed E-state index contributed by atoms with van der Waals surface area (Å²) in [5.74, 6) is -0.674. The minimum absolute atomic E-state index is 0.224. The van der Waals surface area contributed by atoms with Crippen molar-refractivity contribution in [3.8, 4) is 0 Å². The standard InChI is InChI=1S/C16H16ClFN2O/c17-15-4-2-1-3-12(15)11-20(10-9-16(19)21)14-7-5-13(18)6-8-14/h1-8H,9-11H2,(H2,19,21). The zero-order valence-electron chi connectivity index (χ0n) is 11.4. The lowest BCUT2D eigenvalue weighted by molar-refractivity contribution is -0.117. The van der Waals surface area contributed by atoms with Crippen LogP contribution in [0.5, 0.6) is 0 Å². The SMILES string of the molecule is NC(=O)CCN(Cc1ccccc1Cl)c1ccc(F)cc1. The van der Waals surface area contributed by atoms with Crippen LogP contribution in [0, 0.1) is 5.82 Å². The van der Waals surface area contributed by atoms with E-state index in [-0.39, 0.29) is 18.1 Å². The first-order valence-corrected chi connectivity index (χ1v) is 6.96. The quantitative estimate of drug-likeness (QED) is 0.889. The highest BCUT2D eigenvalue weighted by atomic mass is 35.5. The molecule has 0 fully saturated rings. The fourth-order valence-electron chi connectivity index (χ4n) is 2.03. The molecule has 0 radical (unpaired) electrons. The Labute approximate surface area is 128 Å². The van der Waals surface area contributed by atoms with Crippen LogP contribution >= 0.6 is 11.6 Å². The maximum atomic E-state index is 13.0. The second kappa shape index (κ2) is 7.09. The minimum Gasteiger partial charge on any atom is -0.370 e. The molecule has 1 amide bonds. The minimum atomic E-state index is -0.374. The van der Waals surface area contributed by atoms with Crippen LogP contribution in [0.2, 0.25) is 5.02 Å². The average Bonchev–Trinajstić information content (AvgIpc) is 2.46. The fourth-order valence-corrected chi connectivity index (χ4v) is 2.22. The number of hydrogen-bond donors (Lipinski definition) is 1. The highest BCUT2D eigenvalue weighted by Crippen LogP contribution is 2.22. The molecule has 0 unspecified atom stereocenters. The van der Waals surface area contributed by atoms with Crippen LogP contribution in [-0.2, 0) is 11.3 Å². The molecule has 0 saturated heterocycles. The van der Waals surface area contributed by atoms with Crippen LogP contribution in [0.15, 0.2) is 48.5 Å². The van der Waals surface area contributed by atoms with Gasteiger partial charge in [-0.2, -0.15) is 0 Å². The van der Waals surface area contributed by atoms with Crippen LogP contribution in [0.25, 0.3) is 0 Å². The third-order valence-electron chi connectivity index (χ3n) is 3.14. The third-order valence-corrected chi connectivity index (χ3v) is 3.51. The Morgan fingerprint density at radius 2 is 1.81 bits per heavy atom. The van der Waals surface area contributed by atoms with Crippen LogP contribution < -0.4 is 10.6 Å². The van der Waals surface area contributed by atoms with E-state index < -0.39 is 0 Å². The van der Waals surface area contributed by atoms with Gasteiger partial charge >= 0.3 is 0 Å². The summed E-state index contributed by atoms with van der Waals surface area (Å²) in [5, 5.41) is 0.656. The number of anilines is 1. The number of hydrogen-bond acceptors (Lipinski definition) is 2. The molecule has 2 N–H and O–H groups in total.